The van der Waals surface area contributed by atoms with Crippen LogP contribution in [0.15, 0.2) is 6.20 Å². The van der Waals surface area contributed by atoms with E-state index < -0.39 is 0 Å². The third kappa shape index (κ3) is 9.18. The smallest absolute Gasteiger partial charge is 0.327 e. The van der Waals surface area contributed by atoms with Gasteiger partial charge in [0.15, 0.2) is 0 Å². The van der Waals surface area contributed by atoms with Gasteiger partial charge in [0.1, 0.15) is 6.54 Å². The number of carbonyl (C=O) groups is 1. The molecule has 10 nitrogen and oxygen atoms in total. The summed E-state index contributed by atoms with van der Waals surface area (Å²) in [4.78, 5) is 18.4. The maximum absolute atomic E-state index is 11.6. The van der Waals surface area contributed by atoms with E-state index in [1.165, 1.54) is 4.68 Å². The van der Waals surface area contributed by atoms with Gasteiger partial charge in [0, 0.05) is 58.9 Å². The summed E-state index contributed by atoms with van der Waals surface area (Å²) in [6.07, 6.45) is 1.03. The number of aromatic nitrogens is 3. The van der Waals surface area contributed by atoms with Crippen molar-refractivity contribution in [3.63, 3.8) is 0 Å². The Kier molecular flexibility index (Phi) is 9.95. The van der Waals surface area contributed by atoms with E-state index in [4.69, 9.17) is 4.74 Å². The Morgan fingerprint density at radius 3 is 2.03 bits per heavy atom. The van der Waals surface area contributed by atoms with Crippen LogP contribution in [0.3, 0.4) is 0 Å². The SMILES string of the molecule is CCOC(=O)Cn1cc(CN2CCN(C[C@H](C)O)CCN(C[C@H](C)O)CC2)nn1. The first kappa shape index (κ1) is 23.7. The van der Waals surface area contributed by atoms with E-state index in [9.17, 15) is 15.0 Å². The van der Waals surface area contributed by atoms with Crippen LogP contribution in [0.25, 0.3) is 0 Å². The summed E-state index contributed by atoms with van der Waals surface area (Å²) in [6, 6.07) is 0. The van der Waals surface area contributed by atoms with Crippen LogP contribution in [0, 0.1) is 0 Å². The number of ether oxygens (including phenoxy) is 1. The fourth-order valence-corrected chi connectivity index (χ4v) is 3.51. The van der Waals surface area contributed by atoms with Crippen molar-refractivity contribution in [1.82, 2.24) is 29.7 Å². The average Bonchev–Trinajstić information content (AvgIpc) is 3.08. The Labute approximate surface area is 173 Å². The van der Waals surface area contributed by atoms with E-state index in [-0.39, 0.29) is 24.7 Å². The molecule has 29 heavy (non-hydrogen) atoms. The van der Waals surface area contributed by atoms with Crippen molar-refractivity contribution in [3.05, 3.63) is 11.9 Å². The van der Waals surface area contributed by atoms with Crippen LogP contribution in [-0.2, 0) is 22.6 Å². The summed E-state index contributed by atoms with van der Waals surface area (Å²) < 4.78 is 6.45. The average molecular weight is 413 g/mol. The van der Waals surface area contributed by atoms with Gasteiger partial charge < -0.3 is 14.9 Å². The van der Waals surface area contributed by atoms with Crippen molar-refractivity contribution < 1.29 is 19.7 Å². The molecule has 0 unspecified atom stereocenters. The molecular formula is C19H36N6O4. The Morgan fingerprint density at radius 2 is 1.55 bits per heavy atom. The molecule has 0 radical (unpaired) electrons. The quantitative estimate of drug-likeness (QED) is 0.495. The number of aliphatic hydroxyl groups is 2. The number of aliphatic hydroxyl groups excluding tert-OH is 2. The lowest BCUT2D eigenvalue weighted by molar-refractivity contribution is -0.144. The largest absolute Gasteiger partial charge is 0.465 e. The number of rotatable bonds is 9. The highest BCUT2D eigenvalue weighted by atomic mass is 16.5. The molecule has 1 saturated heterocycles. The Bertz CT molecular complexity index is 587. The number of nitrogens with zero attached hydrogens (tertiary/aromatic N) is 6. The van der Waals surface area contributed by atoms with Gasteiger partial charge in [-0.3, -0.25) is 19.5 Å². The highest BCUT2D eigenvalue weighted by molar-refractivity contribution is 5.68. The monoisotopic (exact) mass is 412 g/mol. The molecule has 0 spiro atoms. The van der Waals surface area contributed by atoms with Gasteiger partial charge in [-0.15, -0.1) is 5.10 Å². The van der Waals surface area contributed by atoms with Crippen molar-refractivity contribution >= 4 is 5.97 Å². The lowest BCUT2D eigenvalue weighted by atomic mass is 10.3. The number of β-amino-alcohol motifs (C(OH)–C–C–N with tert-alkyl or cyclic N) is 2. The highest BCUT2D eigenvalue weighted by Gasteiger charge is 2.19. The molecule has 2 rings (SSSR count). The molecule has 1 aliphatic heterocycles. The summed E-state index contributed by atoms with van der Waals surface area (Å²) in [6.45, 7) is 12.8. The van der Waals surface area contributed by atoms with E-state index in [1.54, 1.807) is 27.0 Å². The van der Waals surface area contributed by atoms with E-state index in [2.05, 4.69) is 25.0 Å². The van der Waals surface area contributed by atoms with Crippen LogP contribution in [0.2, 0.25) is 0 Å². The van der Waals surface area contributed by atoms with Crippen molar-refractivity contribution in [2.24, 2.45) is 0 Å². The van der Waals surface area contributed by atoms with E-state index >= 15 is 0 Å². The first-order valence-corrected chi connectivity index (χ1v) is 10.4. The molecule has 166 valence electrons. The number of hydrogen-bond donors (Lipinski definition) is 2. The molecule has 1 aromatic heterocycles. The maximum Gasteiger partial charge on any atom is 0.327 e. The Hall–Kier alpha value is -1.59. The van der Waals surface area contributed by atoms with Crippen molar-refractivity contribution in [1.29, 1.82) is 0 Å². The normalized spacial score (nSPS) is 19.9. The van der Waals surface area contributed by atoms with Gasteiger partial charge in [-0.05, 0) is 20.8 Å². The molecule has 1 aromatic rings. The minimum atomic E-state index is -0.378. The van der Waals surface area contributed by atoms with Crippen LogP contribution in [0.1, 0.15) is 26.5 Å². The minimum absolute atomic E-state index is 0.0607. The zero-order chi connectivity index (χ0) is 21.2. The first-order chi connectivity index (χ1) is 13.9. The summed E-state index contributed by atoms with van der Waals surface area (Å²) in [5.41, 5.74) is 0.803. The predicted octanol–water partition coefficient (Wildman–Crippen LogP) is -0.978. The molecule has 0 bridgehead atoms. The van der Waals surface area contributed by atoms with E-state index in [1.807, 2.05) is 0 Å². The molecule has 0 amide bonds. The van der Waals surface area contributed by atoms with Crippen LogP contribution in [-0.4, -0.2) is 117 Å². The van der Waals surface area contributed by atoms with Gasteiger partial charge in [0.2, 0.25) is 0 Å². The fourth-order valence-electron chi connectivity index (χ4n) is 3.51. The third-order valence-corrected chi connectivity index (χ3v) is 4.81. The molecule has 10 heteroatoms. The van der Waals surface area contributed by atoms with Gasteiger partial charge in [-0.2, -0.15) is 0 Å². The van der Waals surface area contributed by atoms with Crippen molar-refractivity contribution in [2.45, 2.75) is 46.1 Å². The fraction of sp³-hybridized carbons (Fsp3) is 0.842. The lowest BCUT2D eigenvalue weighted by Crippen LogP contribution is -2.41. The van der Waals surface area contributed by atoms with Crippen molar-refractivity contribution in [2.75, 3.05) is 59.0 Å². The van der Waals surface area contributed by atoms with Crippen LogP contribution >= 0.6 is 0 Å². The molecular weight excluding hydrogens is 376 g/mol. The van der Waals surface area contributed by atoms with Gasteiger partial charge in [-0.25, -0.2) is 4.68 Å². The Morgan fingerprint density at radius 1 is 1.03 bits per heavy atom. The molecule has 0 aromatic carbocycles. The highest BCUT2D eigenvalue weighted by Crippen LogP contribution is 2.06. The summed E-state index contributed by atoms with van der Waals surface area (Å²) in [7, 11) is 0. The summed E-state index contributed by atoms with van der Waals surface area (Å²) in [5.74, 6) is -0.325. The second kappa shape index (κ2) is 12.2. The van der Waals surface area contributed by atoms with Gasteiger partial charge in [-0.1, -0.05) is 5.21 Å². The van der Waals surface area contributed by atoms with Crippen molar-refractivity contribution in [3.8, 4) is 0 Å². The number of hydrogen-bond acceptors (Lipinski definition) is 9. The van der Waals surface area contributed by atoms with Crippen LogP contribution < -0.4 is 0 Å². The summed E-state index contributed by atoms with van der Waals surface area (Å²) in [5, 5.41) is 27.8. The first-order valence-electron chi connectivity index (χ1n) is 10.4. The second-order valence-corrected chi connectivity index (χ2v) is 7.79. The summed E-state index contributed by atoms with van der Waals surface area (Å²) >= 11 is 0. The van der Waals surface area contributed by atoms with Crippen LogP contribution in [0.4, 0.5) is 0 Å². The zero-order valence-corrected chi connectivity index (χ0v) is 17.9. The molecule has 0 saturated carbocycles. The topological polar surface area (TPSA) is 107 Å². The standard InChI is InChI=1S/C19H36N6O4/c1-4-29-19(28)15-25-14-18(20-21-25)13-24-9-7-22(11-16(2)26)5-6-23(8-10-24)12-17(3)27/h14,16-17,26-27H,4-13,15H2,1-3H3/t16-,17-/m0/s1. The Balaban J connectivity index is 1.98. The second-order valence-electron chi connectivity index (χ2n) is 7.79. The van der Waals surface area contributed by atoms with E-state index in [0.717, 1.165) is 45.0 Å². The number of carbonyl (C=O) groups excluding carboxylic acids is 1. The number of esters is 1. The molecule has 1 aliphatic rings. The third-order valence-electron chi connectivity index (χ3n) is 4.81. The van der Waals surface area contributed by atoms with E-state index in [0.29, 0.717) is 26.2 Å². The molecule has 2 heterocycles. The maximum atomic E-state index is 11.6. The minimum Gasteiger partial charge on any atom is -0.465 e. The predicted molar refractivity (Wildman–Crippen MR) is 108 cm³/mol. The lowest BCUT2D eigenvalue weighted by Gasteiger charge is -2.27. The van der Waals surface area contributed by atoms with Crippen LogP contribution in [0.5, 0.6) is 0 Å². The van der Waals surface area contributed by atoms with Gasteiger partial charge in [0.05, 0.1) is 30.7 Å². The van der Waals surface area contributed by atoms with Gasteiger partial charge >= 0.3 is 5.97 Å². The zero-order valence-electron chi connectivity index (χ0n) is 17.9. The molecule has 0 aliphatic carbocycles. The molecule has 2 atom stereocenters. The molecule has 2 N–H and O–H groups in total. The van der Waals surface area contributed by atoms with Gasteiger partial charge in [0.25, 0.3) is 0 Å². The molecule has 1 fully saturated rings.